The number of benzene rings is 2. The summed E-state index contributed by atoms with van der Waals surface area (Å²) in [6, 6.07) is 11.5. The van der Waals surface area contributed by atoms with Crippen molar-refractivity contribution in [2.75, 3.05) is 18.6 Å². The second kappa shape index (κ2) is 6.61. The summed E-state index contributed by atoms with van der Waals surface area (Å²) < 4.78 is 23.3. The first-order valence-corrected chi connectivity index (χ1v) is 10.3. The molecule has 0 aliphatic rings. The number of anilines is 1. The highest BCUT2D eigenvalue weighted by molar-refractivity contribution is 7.90. The van der Waals surface area contributed by atoms with Gasteiger partial charge in [-0.25, -0.2) is 23.4 Å². The number of aromatic nitrogens is 4. The number of aromatic hydroxyl groups is 1. The second-order valence-corrected chi connectivity index (χ2v) is 8.27. The number of imidazole rings is 1. The molecule has 0 aliphatic carbocycles. The van der Waals surface area contributed by atoms with Crippen molar-refractivity contribution in [3.63, 3.8) is 0 Å². The van der Waals surface area contributed by atoms with Crippen molar-refractivity contribution in [3.05, 3.63) is 48.7 Å². The summed E-state index contributed by atoms with van der Waals surface area (Å²) in [5.74, 6) is 1.08. The Morgan fingerprint density at radius 1 is 1.07 bits per heavy atom. The Bertz CT molecular complexity index is 1280. The summed E-state index contributed by atoms with van der Waals surface area (Å²) in [7, 11) is -1.54. The summed E-state index contributed by atoms with van der Waals surface area (Å²) >= 11 is 0. The lowest BCUT2D eigenvalue weighted by atomic mass is 10.1. The highest BCUT2D eigenvalue weighted by Gasteiger charge is 2.16. The molecule has 4 aromatic rings. The van der Waals surface area contributed by atoms with Crippen molar-refractivity contribution in [1.82, 2.24) is 19.9 Å². The first-order chi connectivity index (χ1) is 13.4. The number of hydrogen-bond donors (Lipinski definition) is 3. The van der Waals surface area contributed by atoms with E-state index in [0.717, 1.165) is 5.56 Å². The molecule has 8 nitrogen and oxygen atoms in total. The van der Waals surface area contributed by atoms with E-state index in [1.165, 1.54) is 18.4 Å². The molecule has 0 saturated heterocycles. The Hall–Kier alpha value is -3.46. The molecule has 2 aromatic heterocycles. The first-order valence-electron chi connectivity index (χ1n) is 8.40. The molecule has 2 aromatic carbocycles. The SMILES string of the molecule is CNc1ncc(-c2ccc(S(C)(=O)=O)cc2)nc1-c1nc2cccc(O)c2[nH]1. The molecule has 142 valence electrons. The van der Waals surface area contributed by atoms with Crippen LogP contribution in [0, 0.1) is 0 Å². The summed E-state index contributed by atoms with van der Waals surface area (Å²) in [5.41, 5.74) is 2.91. The van der Waals surface area contributed by atoms with Crippen molar-refractivity contribution in [1.29, 1.82) is 0 Å². The van der Waals surface area contributed by atoms with Gasteiger partial charge >= 0.3 is 0 Å². The lowest BCUT2D eigenvalue weighted by molar-refractivity contribution is 0.480. The number of rotatable bonds is 4. The third-order valence-electron chi connectivity index (χ3n) is 4.31. The fraction of sp³-hybridized carbons (Fsp3) is 0.105. The Labute approximate surface area is 161 Å². The van der Waals surface area contributed by atoms with Gasteiger partial charge in [0.2, 0.25) is 0 Å². The molecule has 0 aliphatic heterocycles. The van der Waals surface area contributed by atoms with E-state index in [2.05, 4.69) is 25.3 Å². The molecule has 0 atom stereocenters. The molecule has 0 fully saturated rings. The Morgan fingerprint density at radius 2 is 1.82 bits per heavy atom. The minimum absolute atomic E-state index is 0.0998. The van der Waals surface area contributed by atoms with Gasteiger partial charge in [0.05, 0.1) is 22.3 Å². The van der Waals surface area contributed by atoms with Crippen LogP contribution in [-0.4, -0.2) is 46.8 Å². The van der Waals surface area contributed by atoms with E-state index in [0.29, 0.717) is 34.1 Å². The molecule has 4 rings (SSSR count). The fourth-order valence-electron chi connectivity index (χ4n) is 2.88. The number of H-pyrrole nitrogens is 1. The van der Waals surface area contributed by atoms with E-state index in [4.69, 9.17) is 0 Å². The predicted octanol–water partition coefficient (Wildman–Crippen LogP) is 2.84. The largest absolute Gasteiger partial charge is 0.506 e. The molecule has 2 heterocycles. The van der Waals surface area contributed by atoms with Crippen LogP contribution in [-0.2, 0) is 9.84 Å². The third kappa shape index (κ3) is 3.16. The molecule has 0 amide bonds. The van der Waals surface area contributed by atoms with Gasteiger partial charge in [0, 0.05) is 18.9 Å². The van der Waals surface area contributed by atoms with Crippen molar-refractivity contribution in [3.8, 4) is 28.5 Å². The van der Waals surface area contributed by atoms with Crippen LogP contribution in [0.4, 0.5) is 5.82 Å². The van der Waals surface area contributed by atoms with E-state index in [-0.39, 0.29) is 10.6 Å². The van der Waals surface area contributed by atoms with Crippen molar-refractivity contribution < 1.29 is 13.5 Å². The number of fused-ring (bicyclic) bond motifs is 1. The average Bonchev–Trinajstić information content (AvgIpc) is 3.12. The molecule has 3 N–H and O–H groups in total. The monoisotopic (exact) mass is 395 g/mol. The van der Waals surface area contributed by atoms with Gasteiger partial charge in [-0.1, -0.05) is 18.2 Å². The topological polar surface area (TPSA) is 121 Å². The molecule has 0 radical (unpaired) electrons. The number of nitrogens with zero attached hydrogens (tertiary/aromatic N) is 3. The maximum absolute atomic E-state index is 11.6. The van der Waals surface area contributed by atoms with Gasteiger partial charge in [0.1, 0.15) is 17.0 Å². The zero-order chi connectivity index (χ0) is 19.9. The lowest BCUT2D eigenvalue weighted by Crippen LogP contribution is -2.01. The van der Waals surface area contributed by atoms with Crippen LogP contribution in [0.3, 0.4) is 0 Å². The number of phenolic OH excluding ortho intramolecular Hbond substituents is 1. The zero-order valence-electron chi connectivity index (χ0n) is 15.1. The fourth-order valence-corrected chi connectivity index (χ4v) is 3.51. The Balaban J connectivity index is 1.82. The number of aromatic amines is 1. The third-order valence-corrected chi connectivity index (χ3v) is 5.44. The maximum atomic E-state index is 11.6. The van der Waals surface area contributed by atoms with Crippen LogP contribution in [0.25, 0.3) is 33.8 Å². The standard InChI is InChI=1S/C19H17N5O3S/c1-20-18-17(19-23-13-4-3-5-15(25)16(13)24-19)22-14(10-21-18)11-6-8-12(9-7-11)28(2,26)27/h3-10,25H,1-2H3,(H,20,21)(H,23,24). The molecule has 0 spiro atoms. The summed E-state index contributed by atoms with van der Waals surface area (Å²) in [6.45, 7) is 0. The van der Waals surface area contributed by atoms with E-state index >= 15 is 0 Å². The molecular weight excluding hydrogens is 378 g/mol. The van der Waals surface area contributed by atoms with Gasteiger partial charge in [-0.3, -0.25) is 0 Å². The van der Waals surface area contributed by atoms with E-state index in [1.54, 1.807) is 43.6 Å². The quantitative estimate of drug-likeness (QED) is 0.486. The molecule has 0 unspecified atom stereocenters. The van der Waals surface area contributed by atoms with Gasteiger partial charge in [0.25, 0.3) is 0 Å². The maximum Gasteiger partial charge on any atom is 0.175 e. The normalized spacial score (nSPS) is 11.6. The van der Waals surface area contributed by atoms with Crippen LogP contribution < -0.4 is 5.32 Å². The van der Waals surface area contributed by atoms with Crippen LogP contribution in [0.15, 0.2) is 53.6 Å². The van der Waals surface area contributed by atoms with Crippen molar-refractivity contribution in [2.45, 2.75) is 4.90 Å². The molecule has 0 saturated carbocycles. The number of nitrogens with one attached hydrogen (secondary N) is 2. The predicted molar refractivity (Wildman–Crippen MR) is 107 cm³/mol. The first kappa shape index (κ1) is 17.9. The molecule has 28 heavy (non-hydrogen) atoms. The van der Waals surface area contributed by atoms with Crippen molar-refractivity contribution >= 4 is 26.7 Å². The summed E-state index contributed by atoms with van der Waals surface area (Å²) in [5, 5.41) is 13.0. The van der Waals surface area contributed by atoms with E-state index in [9.17, 15) is 13.5 Å². The number of phenols is 1. The van der Waals surface area contributed by atoms with Gasteiger partial charge in [-0.2, -0.15) is 0 Å². The van der Waals surface area contributed by atoms with Crippen LogP contribution in [0.5, 0.6) is 5.75 Å². The highest BCUT2D eigenvalue weighted by Crippen LogP contribution is 2.30. The Morgan fingerprint density at radius 3 is 2.46 bits per heavy atom. The van der Waals surface area contributed by atoms with E-state index < -0.39 is 9.84 Å². The van der Waals surface area contributed by atoms with Gasteiger partial charge in [-0.05, 0) is 24.3 Å². The number of sulfone groups is 1. The van der Waals surface area contributed by atoms with Crippen LogP contribution >= 0.6 is 0 Å². The zero-order valence-corrected chi connectivity index (χ0v) is 15.9. The molecular formula is C19H17N5O3S. The average molecular weight is 395 g/mol. The minimum atomic E-state index is -3.27. The number of para-hydroxylation sites is 1. The Kier molecular flexibility index (Phi) is 4.23. The smallest absolute Gasteiger partial charge is 0.175 e. The molecule has 0 bridgehead atoms. The van der Waals surface area contributed by atoms with E-state index in [1.807, 2.05) is 0 Å². The lowest BCUT2D eigenvalue weighted by Gasteiger charge is -2.08. The number of hydrogen-bond acceptors (Lipinski definition) is 7. The van der Waals surface area contributed by atoms with Gasteiger partial charge < -0.3 is 15.4 Å². The second-order valence-electron chi connectivity index (χ2n) is 6.26. The van der Waals surface area contributed by atoms with Crippen LogP contribution in [0.1, 0.15) is 0 Å². The molecule has 9 heteroatoms. The van der Waals surface area contributed by atoms with Gasteiger partial charge in [0.15, 0.2) is 21.5 Å². The van der Waals surface area contributed by atoms with Crippen LogP contribution in [0.2, 0.25) is 0 Å². The summed E-state index contributed by atoms with van der Waals surface area (Å²) in [6.07, 6.45) is 2.77. The minimum Gasteiger partial charge on any atom is -0.506 e. The van der Waals surface area contributed by atoms with Gasteiger partial charge in [-0.15, -0.1) is 0 Å². The summed E-state index contributed by atoms with van der Waals surface area (Å²) in [4.78, 5) is 16.9. The van der Waals surface area contributed by atoms with Crippen molar-refractivity contribution in [2.24, 2.45) is 0 Å². The highest BCUT2D eigenvalue weighted by atomic mass is 32.2.